The van der Waals surface area contributed by atoms with E-state index in [9.17, 15) is 82.8 Å². The number of carboxylic acid groups (broad SMARTS) is 2. The molecule has 86 heavy (non-hydrogen) atoms. The Kier molecular flexibility index (Phi) is 35.9. The van der Waals surface area contributed by atoms with Gasteiger partial charge in [0.2, 0.25) is 65.0 Å². The highest BCUT2D eigenvalue weighted by molar-refractivity contribution is 7.98. The van der Waals surface area contributed by atoms with Crippen molar-refractivity contribution in [3.8, 4) is 0 Å². The number of rotatable bonds is 42. The summed E-state index contributed by atoms with van der Waals surface area (Å²) < 4.78 is 0. The highest BCUT2D eigenvalue weighted by atomic mass is 32.2. The SMILES string of the molecule is CC[C@H](C)[C@H](NC(=O)[C@H](CC(N)=O)NC(=O)[C@H](Cc1ccccc1)NC(=O)[C@@H](N)C(C)C)C(=O)N[C@@H](CC(=O)O)C(=O)N[C@@H](CO)C(=O)N[C@@H](CCSC)C(=O)N[C@@H](CO)C(=O)NCC(=O)N[C@@H](CCCN=C(N)N)C(=O)N[C@@H](CCSC)C(=O)O. The lowest BCUT2D eigenvalue weighted by molar-refractivity contribution is -0.142. The quantitative estimate of drug-likeness (QED) is 0.0164. The van der Waals surface area contributed by atoms with Gasteiger partial charge < -0.3 is 96.5 Å². The molecule has 11 atom stereocenters. The third kappa shape index (κ3) is 28.8. The molecule has 0 aliphatic rings. The number of benzene rings is 1. The van der Waals surface area contributed by atoms with Crippen LogP contribution in [0.2, 0.25) is 0 Å². The van der Waals surface area contributed by atoms with Crippen LogP contribution in [0.15, 0.2) is 35.3 Å². The Morgan fingerprint density at radius 1 is 0.547 bits per heavy atom. The molecule has 0 spiro atoms. The number of aliphatic hydroxyl groups excluding tert-OH is 2. The molecule has 34 heteroatoms. The summed E-state index contributed by atoms with van der Waals surface area (Å²) in [6.45, 7) is 3.52. The first kappa shape index (κ1) is 76.2. The minimum Gasteiger partial charge on any atom is -0.481 e. The van der Waals surface area contributed by atoms with E-state index < -0.39 is 176 Å². The number of aliphatic hydroxyl groups is 2. The Hall–Kier alpha value is -7.82. The molecule has 1 rings (SSSR count). The van der Waals surface area contributed by atoms with Crippen molar-refractivity contribution in [1.82, 2.24) is 53.2 Å². The van der Waals surface area contributed by atoms with E-state index >= 15 is 0 Å². The number of nitrogens with zero attached hydrogens (tertiary/aromatic N) is 1. The van der Waals surface area contributed by atoms with Crippen LogP contribution < -0.4 is 76.1 Å². The smallest absolute Gasteiger partial charge is 0.326 e. The molecule has 0 aromatic heterocycles. The van der Waals surface area contributed by atoms with Crippen LogP contribution in [0.5, 0.6) is 0 Å². The molecule has 1 aromatic carbocycles. The van der Waals surface area contributed by atoms with E-state index in [0.717, 1.165) is 0 Å². The van der Waals surface area contributed by atoms with Gasteiger partial charge in [0.1, 0.15) is 54.4 Å². The van der Waals surface area contributed by atoms with E-state index in [4.69, 9.17) is 22.9 Å². The van der Waals surface area contributed by atoms with Crippen LogP contribution in [0.25, 0.3) is 0 Å². The third-order valence-electron chi connectivity index (χ3n) is 12.9. The molecule has 0 heterocycles. The van der Waals surface area contributed by atoms with Gasteiger partial charge in [0, 0.05) is 13.0 Å². The summed E-state index contributed by atoms with van der Waals surface area (Å²) in [5, 5.41) is 63.1. The number of aliphatic imine (C=N–C) groups is 1. The Morgan fingerprint density at radius 3 is 1.51 bits per heavy atom. The zero-order chi connectivity index (χ0) is 65.2. The molecule has 0 saturated heterocycles. The zero-order valence-corrected chi connectivity index (χ0v) is 50.5. The normalized spacial score (nSPS) is 14.8. The maximum atomic E-state index is 14.0. The minimum absolute atomic E-state index is 0.0459. The molecule has 0 aliphatic heterocycles. The Bertz CT molecular complexity index is 2500. The van der Waals surface area contributed by atoms with Crippen molar-refractivity contribution in [3.63, 3.8) is 0 Å². The van der Waals surface area contributed by atoms with Crippen LogP contribution in [-0.2, 0) is 68.7 Å². The molecule has 0 unspecified atom stereocenters. The number of carbonyl (C=O) groups is 13. The lowest BCUT2D eigenvalue weighted by atomic mass is 9.96. The molecule has 1 aromatic rings. The third-order valence-corrected chi connectivity index (χ3v) is 14.2. The average Bonchev–Trinajstić information content (AvgIpc) is 3.66. The summed E-state index contributed by atoms with van der Waals surface area (Å²) in [6.07, 6.45) is 1.56. The van der Waals surface area contributed by atoms with Gasteiger partial charge in [-0.25, -0.2) is 4.79 Å². The van der Waals surface area contributed by atoms with E-state index in [1.165, 1.54) is 30.4 Å². The number of carboxylic acids is 2. The molecule has 0 saturated carbocycles. The highest BCUT2D eigenvalue weighted by Crippen LogP contribution is 2.13. The monoisotopic (exact) mass is 1260 g/mol. The van der Waals surface area contributed by atoms with Crippen LogP contribution in [0.1, 0.15) is 78.2 Å². The van der Waals surface area contributed by atoms with Gasteiger partial charge in [-0.2, -0.15) is 23.5 Å². The van der Waals surface area contributed by atoms with Gasteiger partial charge in [-0.15, -0.1) is 0 Å². The first-order valence-electron chi connectivity index (χ1n) is 27.3. The maximum Gasteiger partial charge on any atom is 0.326 e. The standard InChI is InChI=1S/C52H85N15O17S2/c1-7-27(4)41(67-47(79)33(21-37(53)70)62-45(77)32(20-28-12-9-8-10-13-28)63-49(81)40(54)26(2)3)50(82)64-34(22-39(72)73)46(78)66-36(25-69)48(80)60-30(15-18-85-5)44(76)65-35(24-68)42(74)58-23-38(71)59-29(14-11-17-57-52(55)56)43(75)61-31(51(83)84)16-19-86-6/h8-10,12-13,26-27,29-36,40-41,68-69H,7,11,14-25,54H2,1-6H3,(H2,53,70)(H,58,74)(H,59,71)(H,60,80)(H,61,75)(H,62,77)(H,63,81)(H,64,82)(H,65,76)(H,66,78)(H,67,79)(H,72,73)(H,83,84)(H4,55,56,57)/t27-,29-,30-,31-,32-,33-,34-,35-,36-,40-,41-/m0/s1. The summed E-state index contributed by atoms with van der Waals surface area (Å²) in [7, 11) is 0. The fourth-order valence-electron chi connectivity index (χ4n) is 7.70. The zero-order valence-electron chi connectivity index (χ0n) is 48.9. The van der Waals surface area contributed by atoms with Crippen molar-refractivity contribution in [2.24, 2.45) is 39.8 Å². The summed E-state index contributed by atoms with van der Waals surface area (Å²) >= 11 is 2.57. The van der Waals surface area contributed by atoms with Crippen LogP contribution >= 0.6 is 23.5 Å². The number of nitrogens with two attached hydrogens (primary N) is 4. The fourth-order valence-corrected chi connectivity index (χ4v) is 8.64. The second-order valence-corrected chi connectivity index (χ2v) is 22.1. The predicted octanol–water partition coefficient (Wildman–Crippen LogP) is -6.28. The van der Waals surface area contributed by atoms with Gasteiger partial charge in [-0.05, 0) is 67.1 Å². The minimum atomic E-state index is -2.01. The maximum absolute atomic E-state index is 14.0. The number of amides is 11. The van der Waals surface area contributed by atoms with Crippen molar-refractivity contribution in [2.75, 3.05) is 50.3 Å². The summed E-state index contributed by atoms with van der Waals surface area (Å²) in [4.78, 5) is 175. The number of hydrogen-bond donors (Lipinski definition) is 18. The molecular formula is C52H85N15O17S2. The van der Waals surface area contributed by atoms with Crippen molar-refractivity contribution in [1.29, 1.82) is 0 Å². The predicted molar refractivity (Wildman–Crippen MR) is 317 cm³/mol. The number of primary amides is 1. The van der Waals surface area contributed by atoms with Crippen LogP contribution in [0.3, 0.4) is 0 Å². The number of aliphatic carboxylic acids is 2. The Morgan fingerprint density at radius 2 is 1.00 bits per heavy atom. The van der Waals surface area contributed by atoms with Crippen molar-refractivity contribution in [2.45, 2.75) is 139 Å². The molecule has 0 fully saturated rings. The molecule has 0 radical (unpaired) electrons. The Balaban J connectivity index is 3.30. The van der Waals surface area contributed by atoms with E-state index in [-0.39, 0.29) is 62.7 Å². The molecule has 22 N–H and O–H groups in total. The van der Waals surface area contributed by atoms with Gasteiger partial charge in [0.05, 0.1) is 38.6 Å². The topological polar surface area (TPSA) is 540 Å². The lowest BCUT2D eigenvalue weighted by Crippen LogP contribution is -2.62. The molecule has 0 bridgehead atoms. The second kappa shape index (κ2) is 40.5. The van der Waals surface area contributed by atoms with E-state index in [2.05, 4.69) is 58.2 Å². The molecular weight excluding hydrogens is 1170 g/mol. The van der Waals surface area contributed by atoms with Crippen LogP contribution in [0.4, 0.5) is 0 Å². The van der Waals surface area contributed by atoms with E-state index in [0.29, 0.717) is 11.3 Å². The van der Waals surface area contributed by atoms with Crippen molar-refractivity contribution >= 4 is 106 Å². The number of hydrogen-bond acceptors (Lipinski definition) is 19. The summed E-state index contributed by atoms with van der Waals surface area (Å²) in [5.74, 6) is -15.2. The van der Waals surface area contributed by atoms with Gasteiger partial charge in [-0.3, -0.25) is 62.5 Å². The van der Waals surface area contributed by atoms with Gasteiger partial charge in [-0.1, -0.05) is 64.4 Å². The highest BCUT2D eigenvalue weighted by Gasteiger charge is 2.37. The number of thioether (sulfide) groups is 2. The molecule has 32 nitrogen and oxygen atoms in total. The molecule has 0 aliphatic carbocycles. The number of carbonyl (C=O) groups excluding carboxylic acids is 11. The number of nitrogens with one attached hydrogen (secondary N) is 10. The second-order valence-electron chi connectivity index (χ2n) is 20.1. The largest absolute Gasteiger partial charge is 0.481 e. The van der Waals surface area contributed by atoms with Gasteiger partial charge in [0.15, 0.2) is 5.96 Å². The van der Waals surface area contributed by atoms with E-state index in [1.54, 1.807) is 63.6 Å². The van der Waals surface area contributed by atoms with Crippen molar-refractivity contribution in [3.05, 3.63) is 35.9 Å². The molecule has 482 valence electrons. The first-order valence-corrected chi connectivity index (χ1v) is 30.1. The van der Waals surface area contributed by atoms with Crippen LogP contribution in [-0.4, -0.2) is 214 Å². The first-order chi connectivity index (χ1) is 40.5. The van der Waals surface area contributed by atoms with Gasteiger partial charge >= 0.3 is 11.9 Å². The summed E-state index contributed by atoms with van der Waals surface area (Å²) in [6, 6.07) is -7.08. The average molecular weight is 1260 g/mol. The Labute approximate surface area is 505 Å². The summed E-state index contributed by atoms with van der Waals surface area (Å²) in [5.41, 5.74) is 22.8. The lowest BCUT2D eigenvalue weighted by Gasteiger charge is -2.29. The molecule has 11 amide bonds. The van der Waals surface area contributed by atoms with Crippen LogP contribution in [0, 0.1) is 11.8 Å². The van der Waals surface area contributed by atoms with Gasteiger partial charge in [0.25, 0.3) is 0 Å². The van der Waals surface area contributed by atoms with Crippen molar-refractivity contribution < 1.29 is 82.8 Å². The number of guanidine groups is 1. The fraction of sp³-hybridized carbons (Fsp3) is 0.615. The van der Waals surface area contributed by atoms with E-state index in [1.807, 2.05) is 0 Å².